The molecule has 0 heterocycles. The molecule has 8 nitrogen and oxygen atoms in total. The van der Waals surface area contributed by atoms with Gasteiger partial charge in [-0.2, -0.15) is 0 Å². The maximum Gasteiger partial charge on any atom is 0.472 e. The molecule has 9 heteroatoms. The lowest BCUT2D eigenvalue weighted by Gasteiger charge is -2.26. The van der Waals surface area contributed by atoms with E-state index in [0.29, 0.717) is 23.9 Å². The molecule has 75 heavy (non-hydrogen) atoms. The Balaban J connectivity index is 4.18. The van der Waals surface area contributed by atoms with Crippen LogP contribution < -0.4 is 5.32 Å². The summed E-state index contributed by atoms with van der Waals surface area (Å²) in [5, 5.41) is 14.1. The minimum Gasteiger partial charge on any atom is -0.391 e. The van der Waals surface area contributed by atoms with E-state index >= 15 is 0 Å². The van der Waals surface area contributed by atoms with Crippen LogP contribution in [0.5, 0.6) is 0 Å². The number of rotatable bonds is 57. The van der Waals surface area contributed by atoms with Gasteiger partial charge in [-0.3, -0.25) is 13.8 Å². The third-order valence-electron chi connectivity index (χ3n) is 13.9. The summed E-state index contributed by atoms with van der Waals surface area (Å²) in [5.41, 5.74) is 0. The molecule has 0 fully saturated rings. The molecular formula is C66H122N2O6P+. The number of nitrogens with one attached hydrogen (secondary N) is 1. The lowest BCUT2D eigenvalue weighted by Crippen LogP contribution is -2.46. The fourth-order valence-electron chi connectivity index (χ4n) is 9.03. The van der Waals surface area contributed by atoms with Crippen molar-refractivity contribution in [3.05, 3.63) is 85.1 Å². The molecular weight excluding hydrogens is 948 g/mol. The quantitative estimate of drug-likeness (QED) is 0.0243. The van der Waals surface area contributed by atoms with Gasteiger partial charge in [0.05, 0.1) is 39.9 Å². The van der Waals surface area contributed by atoms with Crippen LogP contribution in [0.15, 0.2) is 85.1 Å². The summed E-state index contributed by atoms with van der Waals surface area (Å²) in [7, 11) is 1.60. The van der Waals surface area contributed by atoms with E-state index in [1.54, 1.807) is 0 Å². The van der Waals surface area contributed by atoms with E-state index in [9.17, 15) is 19.4 Å². The SMILES string of the molecule is CC/C=C\C/C=C\C/C=C\C/C=C\C/C=C\C/C=C\C/C=C\CCCCCCCCCC(=O)NC(COP(=O)(O)OCC[N+](C)(C)C)C(O)CCCCCCCCCCCCCCCCCCCCCCCCCC. The van der Waals surface area contributed by atoms with Crippen LogP contribution in [0.1, 0.15) is 277 Å². The maximum absolute atomic E-state index is 13.0. The highest BCUT2D eigenvalue weighted by Gasteiger charge is 2.28. The molecule has 0 saturated carbocycles. The minimum absolute atomic E-state index is 0.0686. The van der Waals surface area contributed by atoms with E-state index < -0.39 is 20.0 Å². The number of phosphoric ester groups is 1. The molecule has 0 aromatic heterocycles. The molecule has 3 atom stereocenters. The number of hydrogen-bond donors (Lipinski definition) is 3. The number of unbranched alkanes of at least 4 members (excludes halogenated alkanes) is 30. The molecule has 436 valence electrons. The number of allylic oxidation sites excluding steroid dienone is 14. The normalized spacial score (nSPS) is 14.4. The van der Waals surface area contributed by atoms with Crippen LogP contribution in [0.4, 0.5) is 0 Å². The van der Waals surface area contributed by atoms with Crippen molar-refractivity contribution in [2.24, 2.45) is 0 Å². The standard InChI is InChI=1S/C66H121N2O6P/c1-6-8-10-12-14-16-18-20-22-24-26-28-30-32-33-34-35-36-38-40-42-44-46-48-50-52-54-56-58-60-66(70)67-64(63-74-75(71,72)73-62-61-68(3,4)5)65(69)59-57-55-53-51-49-47-45-43-41-39-37-31-29-27-25-23-21-19-17-15-13-11-9-7-2/h8,10,14,16,20,22,26,28,32-33,35-36,40,42,64-65,69H,6-7,9,11-13,15,17-19,21,23-25,27,29-31,34,37-39,41,43-63H2,1-5H3,(H-,67,70,71,72)/p+1/b10-8-,16-14-,22-20-,28-26-,33-32-,36-35-,42-40-. The fourth-order valence-corrected chi connectivity index (χ4v) is 9.76. The molecule has 0 spiro atoms. The molecule has 0 aliphatic carbocycles. The third-order valence-corrected chi connectivity index (χ3v) is 14.9. The first-order valence-electron chi connectivity index (χ1n) is 31.5. The van der Waals surface area contributed by atoms with E-state index in [1.165, 1.54) is 161 Å². The monoisotopic (exact) mass is 1070 g/mol. The Morgan fingerprint density at radius 2 is 0.800 bits per heavy atom. The van der Waals surface area contributed by atoms with Gasteiger partial charge in [0.1, 0.15) is 13.2 Å². The van der Waals surface area contributed by atoms with Crippen LogP contribution in [-0.2, 0) is 18.4 Å². The number of aliphatic hydroxyl groups is 1. The van der Waals surface area contributed by atoms with Crippen LogP contribution in [0, 0.1) is 0 Å². The number of likely N-dealkylation sites (N-methyl/N-ethyl adjacent to an activating group) is 1. The van der Waals surface area contributed by atoms with Gasteiger partial charge >= 0.3 is 7.82 Å². The average molecular weight is 1070 g/mol. The molecule has 0 aromatic carbocycles. The summed E-state index contributed by atoms with van der Waals surface area (Å²) in [6.45, 7) is 4.79. The molecule has 0 radical (unpaired) electrons. The van der Waals surface area contributed by atoms with Crippen LogP contribution in [0.25, 0.3) is 0 Å². The van der Waals surface area contributed by atoms with Crippen molar-refractivity contribution in [2.75, 3.05) is 40.9 Å². The van der Waals surface area contributed by atoms with Crippen molar-refractivity contribution in [3.8, 4) is 0 Å². The number of hydrogen-bond acceptors (Lipinski definition) is 5. The largest absolute Gasteiger partial charge is 0.472 e. The van der Waals surface area contributed by atoms with Gasteiger partial charge in [0, 0.05) is 6.42 Å². The van der Waals surface area contributed by atoms with E-state index in [1.807, 2.05) is 21.1 Å². The van der Waals surface area contributed by atoms with Gasteiger partial charge in [-0.1, -0.05) is 285 Å². The Kier molecular flexibility index (Phi) is 54.7. The van der Waals surface area contributed by atoms with Gasteiger partial charge in [0.25, 0.3) is 0 Å². The summed E-state index contributed by atoms with van der Waals surface area (Å²) < 4.78 is 23.8. The van der Waals surface area contributed by atoms with Crippen LogP contribution in [0.2, 0.25) is 0 Å². The van der Waals surface area contributed by atoms with Gasteiger partial charge in [-0.15, -0.1) is 0 Å². The molecule has 0 aliphatic rings. The second-order valence-corrected chi connectivity index (χ2v) is 23.9. The molecule has 0 aliphatic heterocycles. The first-order valence-corrected chi connectivity index (χ1v) is 32.9. The smallest absolute Gasteiger partial charge is 0.391 e. The van der Waals surface area contributed by atoms with E-state index in [0.717, 1.165) is 89.9 Å². The molecule has 0 rings (SSSR count). The molecule has 3 unspecified atom stereocenters. The Bertz CT molecular complexity index is 1500. The summed E-state index contributed by atoms with van der Waals surface area (Å²) >= 11 is 0. The van der Waals surface area contributed by atoms with Gasteiger partial charge in [0.2, 0.25) is 5.91 Å². The Hall–Kier alpha value is -2.32. The zero-order chi connectivity index (χ0) is 54.9. The Morgan fingerprint density at radius 1 is 0.467 bits per heavy atom. The Labute approximate surface area is 465 Å². The topological polar surface area (TPSA) is 105 Å². The fraction of sp³-hybridized carbons (Fsp3) is 0.773. The predicted octanol–water partition coefficient (Wildman–Crippen LogP) is 19.6. The lowest BCUT2D eigenvalue weighted by molar-refractivity contribution is -0.870. The number of nitrogens with zero attached hydrogens (tertiary/aromatic N) is 1. The highest BCUT2D eigenvalue weighted by molar-refractivity contribution is 7.47. The van der Waals surface area contributed by atoms with Crippen LogP contribution >= 0.6 is 7.82 Å². The summed E-state index contributed by atoms with van der Waals surface area (Å²) in [5.74, 6) is -0.156. The second-order valence-electron chi connectivity index (χ2n) is 22.4. The zero-order valence-corrected chi connectivity index (χ0v) is 50.7. The third kappa shape index (κ3) is 59.2. The van der Waals surface area contributed by atoms with Gasteiger partial charge in [-0.05, 0) is 70.6 Å². The van der Waals surface area contributed by atoms with Gasteiger partial charge in [-0.25, -0.2) is 4.57 Å². The number of amides is 1. The summed E-state index contributed by atoms with van der Waals surface area (Å²) in [6.07, 6.45) is 79.3. The number of carbonyl (C=O) groups excluding carboxylic acids is 1. The van der Waals surface area contributed by atoms with Gasteiger partial charge < -0.3 is 19.8 Å². The van der Waals surface area contributed by atoms with E-state index in [-0.39, 0.29) is 19.1 Å². The van der Waals surface area contributed by atoms with Crippen molar-refractivity contribution >= 4 is 13.7 Å². The molecule has 0 aromatic rings. The number of carbonyl (C=O) groups is 1. The average Bonchev–Trinajstić information content (AvgIpc) is 3.37. The number of aliphatic hydroxyl groups excluding tert-OH is 1. The maximum atomic E-state index is 13.0. The van der Waals surface area contributed by atoms with Crippen molar-refractivity contribution in [1.82, 2.24) is 5.32 Å². The lowest BCUT2D eigenvalue weighted by atomic mass is 10.0. The van der Waals surface area contributed by atoms with Crippen molar-refractivity contribution < 1.29 is 32.9 Å². The zero-order valence-electron chi connectivity index (χ0n) is 49.8. The van der Waals surface area contributed by atoms with Crippen LogP contribution in [-0.4, -0.2) is 73.4 Å². The molecule has 3 N–H and O–H groups in total. The minimum atomic E-state index is -4.34. The molecule has 0 bridgehead atoms. The summed E-state index contributed by atoms with van der Waals surface area (Å²) in [6, 6.07) is -0.774. The first-order chi connectivity index (χ1) is 36.5. The van der Waals surface area contributed by atoms with Crippen molar-refractivity contribution in [2.45, 2.75) is 289 Å². The number of phosphoric acid groups is 1. The molecule has 1 amide bonds. The first kappa shape index (κ1) is 72.7. The van der Waals surface area contributed by atoms with Crippen molar-refractivity contribution in [3.63, 3.8) is 0 Å². The van der Waals surface area contributed by atoms with E-state index in [2.05, 4.69) is 104 Å². The molecule has 0 saturated heterocycles. The van der Waals surface area contributed by atoms with Crippen LogP contribution in [0.3, 0.4) is 0 Å². The highest BCUT2D eigenvalue weighted by Crippen LogP contribution is 2.43. The van der Waals surface area contributed by atoms with E-state index in [4.69, 9.17) is 9.05 Å². The highest BCUT2D eigenvalue weighted by atomic mass is 31.2. The Morgan fingerprint density at radius 3 is 1.17 bits per heavy atom. The summed E-state index contributed by atoms with van der Waals surface area (Å²) in [4.78, 5) is 23.4. The van der Waals surface area contributed by atoms with Crippen molar-refractivity contribution in [1.29, 1.82) is 0 Å². The number of quaternary nitrogens is 1. The van der Waals surface area contributed by atoms with Gasteiger partial charge in [0.15, 0.2) is 0 Å². The predicted molar refractivity (Wildman–Crippen MR) is 327 cm³/mol. The second kappa shape index (κ2) is 56.4.